The van der Waals surface area contributed by atoms with Crippen LogP contribution in [0, 0.1) is 0 Å². The van der Waals surface area contributed by atoms with E-state index in [2.05, 4.69) is 4.98 Å². The van der Waals surface area contributed by atoms with Crippen molar-refractivity contribution >= 4 is 23.2 Å². The zero-order valence-corrected chi connectivity index (χ0v) is 15.4. The maximum absolute atomic E-state index is 13.5. The highest BCUT2D eigenvalue weighted by Crippen LogP contribution is 2.34. The molecule has 4 rings (SSSR count). The van der Waals surface area contributed by atoms with Gasteiger partial charge < -0.3 is 9.64 Å². The number of carbonyl (C=O) groups excluding carboxylic acids is 2. The van der Waals surface area contributed by atoms with E-state index in [0.717, 1.165) is 0 Å². The summed E-state index contributed by atoms with van der Waals surface area (Å²) in [6.07, 6.45) is 3.27. The van der Waals surface area contributed by atoms with Gasteiger partial charge in [-0.25, -0.2) is 0 Å². The summed E-state index contributed by atoms with van der Waals surface area (Å²) in [7, 11) is 1.58. The van der Waals surface area contributed by atoms with Gasteiger partial charge in [0.1, 0.15) is 18.3 Å². The van der Waals surface area contributed by atoms with Crippen LogP contribution in [-0.2, 0) is 9.59 Å². The van der Waals surface area contributed by atoms with Gasteiger partial charge in [0.25, 0.3) is 5.91 Å². The Morgan fingerprint density at radius 2 is 1.68 bits per heavy atom. The Balaban J connectivity index is 1.79. The van der Waals surface area contributed by atoms with Crippen molar-refractivity contribution in [1.29, 1.82) is 0 Å². The van der Waals surface area contributed by atoms with Crippen LogP contribution < -0.4 is 14.5 Å². The molecular weight excluding hydrogens is 354 g/mol. The van der Waals surface area contributed by atoms with Crippen LogP contribution in [0.5, 0.6) is 5.75 Å². The summed E-state index contributed by atoms with van der Waals surface area (Å²) < 4.78 is 5.20. The number of hydrogen-bond acceptors (Lipinski definition) is 4. The highest BCUT2D eigenvalue weighted by molar-refractivity contribution is 6.14. The van der Waals surface area contributed by atoms with E-state index >= 15 is 0 Å². The minimum atomic E-state index is -0.788. The molecule has 2 amide bonds. The quantitative estimate of drug-likeness (QED) is 0.705. The van der Waals surface area contributed by atoms with Crippen LogP contribution in [0.2, 0.25) is 0 Å². The van der Waals surface area contributed by atoms with Gasteiger partial charge in [-0.15, -0.1) is 0 Å². The van der Waals surface area contributed by atoms with Crippen molar-refractivity contribution in [3.63, 3.8) is 0 Å². The summed E-state index contributed by atoms with van der Waals surface area (Å²) in [5.74, 6) is 0.348. The fourth-order valence-corrected chi connectivity index (χ4v) is 3.38. The molecule has 2 aromatic carbocycles. The first-order valence-corrected chi connectivity index (χ1v) is 8.91. The van der Waals surface area contributed by atoms with Crippen LogP contribution in [0.25, 0.3) is 0 Å². The minimum absolute atomic E-state index is 0.0222. The van der Waals surface area contributed by atoms with Gasteiger partial charge in [0, 0.05) is 29.3 Å². The molecule has 2 heterocycles. The van der Waals surface area contributed by atoms with E-state index in [1.54, 1.807) is 49.8 Å². The molecule has 1 aliphatic rings. The zero-order valence-electron chi connectivity index (χ0n) is 15.4. The summed E-state index contributed by atoms with van der Waals surface area (Å²) in [6, 6.07) is 19.1. The van der Waals surface area contributed by atoms with Crippen LogP contribution in [-0.4, -0.2) is 30.5 Å². The minimum Gasteiger partial charge on any atom is -0.497 e. The van der Waals surface area contributed by atoms with E-state index in [1.807, 2.05) is 36.4 Å². The first-order valence-electron chi connectivity index (χ1n) is 8.91. The number of piperazine rings is 1. The zero-order chi connectivity index (χ0) is 19.5. The molecule has 0 bridgehead atoms. The average molecular weight is 373 g/mol. The molecule has 1 saturated heterocycles. The van der Waals surface area contributed by atoms with Gasteiger partial charge >= 0.3 is 0 Å². The molecular formula is C22H19N3O3. The van der Waals surface area contributed by atoms with Gasteiger partial charge in [0.2, 0.25) is 5.91 Å². The number of ether oxygens (including phenoxy) is 1. The monoisotopic (exact) mass is 373 g/mol. The Kier molecular flexibility index (Phi) is 4.76. The third-order valence-corrected chi connectivity index (χ3v) is 4.74. The van der Waals surface area contributed by atoms with E-state index in [-0.39, 0.29) is 18.4 Å². The van der Waals surface area contributed by atoms with Crippen LogP contribution >= 0.6 is 0 Å². The molecule has 6 heteroatoms. The molecule has 0 radical (unpaired) electrons. The predicted molar refractivity (Wildman–Crippen MR) is 106 cm³/mol. The third kappa shape index (κ3) is 3.20. The van der Waals surface area contributed by atoms with E-state index in [1.165, 1.54) is 9.80 Å². The lowest BCUT2D eigenvalue weighted by molar-refractivity contribution is -0.128. The number of aromatic nitrogens is 1. The predicted octanol–water partition coefficient (Wildman–Crippen LogP) is 3.21. The smallest absolute Gasteiger partial charge is 0.255 e. The second kappa shape index (κ2) is 7.52. The maximum Gasteiger partial charge on any atom is 0.255 e. The Bertz CT molecular complexity index is 975. The molecule has 1 atom stereocenters. The molecule has 0 saturated carbocycles. The number of nitrogens with zero attached hydrogens (tertiary/aromatic N) is 3. The topological polar surface area (TPSA) is 62.7 Å². The number of methoxy groups -OCH3 is 1. The SMILES string of the molecule is COc1ccc(N2C(=O)CN(c3ccccc3)C(=O)[C@H]2c2cccnc2)cc1. The normalized spacial score (nSPS) is 17.0. The van der Waals surface area contributed by atoms with E-state index < -0.39 is 6.04 Å². The van der Waals surface area contributed by atoms with Gasteiger partial charge in [-0.05, 0) is 42.5 Å². The lowest BCUT2D eigenvalue weighted by Crippen LogP contribution is -2.56. The molecule has 6 nitrogen and oxygen atoms in total. The van der Waals surface area contributed by atoms with Crippen LogP contribution in [0.4, 0.5) is 11.4 Å². The van der Waals surface area contributed by atoms with Crippen molar-refractivity contribution in [2.45, 2.75) is 6.04 Å². The number of pyridine rings is 1. The van der Waals surface area contributed by atoms with Crippen molar-refractivity contribution < 1.29 is 14.3 Å². The Labute approximate surface area is 163 Å². The Hall–Kier alpha value is -3.67. The Morgan fingerprint density at radius 3 is 2.32 bits per heavy atom. The van der Waals surface area contributed by atoms with E-state index in [9.17, 15) is 9.59 Å². The van der Waals surface area contributed by atoms with Gasteiger partial charge in [0.05, 0.1) is 7.11 Å². The number of amides is 2. The summed E-state index contributed by atoms with van der Waals surface area (Å²) in [5.41, 5.74) is 2.00. The Morgan fingerprint density at radius 1 is 0.929 bits per heavy atom. The number of rotatable bonds is 4. The van der Waals surface area contributed by atoms with Crippen LogP contribution in [0.1, 0.15) is 11.6 Å². The third-order valence-electron chi connectivity index (χ3n) is 4.74. The highest BCUT2D eigenvalue weighted by atomic mass is 16.5. The molecule has 0 N–H and O–H groups in total. The maximum atomic E-state index is 13.5. The highest BCUT2D eigenvalue weighted by Gasteiger charge is 2.41. The number of carbonyl (C=O) groups is 2. The van der Waals surface area contributed by atoms with E-state index in [0.29, 0.717) is 22.7 Å². The molecule has 0 spiro atoms. The molecule has 140 valence electrons. The van der Waals surface area contributed by atoms with Crippen LogP contribution in [0.15, 0.2) is 79.1 Å². The summed E-state index contributed by atoms with van der Waals surface area (Å²) >= 11 is 0. The van der Waals surface area contributed by atoms with Gasteiger partial charge in [0.15, 0.2) is 0 Å². The lowest BCUT2D eigenvalue weighted by Gasteiger charge is -2.40. The second-order valence-electron chi connectivity index (χ2n) is 6.41. The number of para-hydroxylation sites is 1. The van der Waals surface area contributed by atoms with Gasteiger partial charge in [-0.1, -0.05) is 24.3 Å². The lowest BCUT2D eigenvalue weighted by atomic mass is 10.0. The van der Waals surface area contributed by atoms with Crippen molar-refractivity contribution in [2.24, 2.45) is 0 Å². The molecule has 0 aliphatic carbocycles. The van der Waals surface area contributed by atoms with Gasteiger partial charge in [-0.2, -0.15) is 0 Å². The molecule has 3 aromatic rings. The molecule has 0 unspecified atom stereocenters. The molecule has 1 aliphatic heterocycles. The number of hydrogen-bond donors (Lipinski definition) is 0. The van der Waals surface area contributed by atoms with Gasteiger partial charge in [-0.3, -0.25) is 19.5 Å². The van der Waals surface area contributed by atoms with E-state index in [4.69, 9.17) is 4.74 Å². The summed E-state index contributed by atoms with van der Waals surface area (Å²) in [5, 5.41) is 0. The summed E-state index contributed by atoms with van der Waals surface area (Å²) in [6.45, 7) is -0.0222. The standard InChI is InChI=1S/C22H19N3O3/c1-28-19-11-9-18(10-12-19)25-20(26)15-24(17-7-3-2-4-8-17)22(27)21(25)16-6-5-13-23-14-16/h2-14,21H,15H2,1H3/t21-/m1/s1. The summed E-state index contributed by atoms with van der Waals surface area (Å²) in [4.78, 5) is 33.8. The first kappa shape index (κ1) is 17.7. The fourth-order valence-electron chi connectivity index (χ4n) is 3.38. The number of benzene rings is 2. The van der Waals surface area contributed by atoms with Crippen LogP contribution in [0.3, 0.4) is 0 Å². The number of anilines is 2. The second-order valence-corrected chi connectivity index (χ2v) is 6.41. The van der Waals surface area contributed by atoms with Crippen molar-refractivity contribution in [3.8, 4) is 5.75 Å². The molecule has 1 fully saturated rings. The molecule has 1 aromatic heterocycles. The van der Waals surface area contributed by atoms with Crippen molar-refractivity contribution in [1.82, 2.24) is 4.98 Å². The largest absolute Gasteiger partial charge is 0.497 e. The van der Waals surface area contributed by atoms with Crippen molar-refractivity contribution in [2.75, 3.05) is 23.5 Å². The van der Waals surface area contributed by atoms with Crippen molar-refractivity contribution in [3.05, 3.63) is 84.7 Å². The first-order chi connectivity index (χ1) is 13.7. The fraction of sp³-hybridized carbons (Fsp3) is 0.136. The molecule has 28 heavy (non-hydrogen) atoms. The average Bonchev–Trinajstić information content (AvgIpc) is 2.76.